The van der Waals surface area contributed by atoms with Crippen LogP contribution in [0, 0.1) is 5.82 Å². The number of guanidine groups is 1. The van der Waals surface area contributed by atoms with Crippen molar-refractivity contribution in [3.05, 3.63) is 59.5 Å². The van der Waals surface area contributed by atoms with Gasteiger partial charge in [0.15, 0.2) is 17.5 Å². The fraction of sp³-hybridized carbons (Fsp3) is 0.286. The number of ether oxygens (including phenoxy) is 2. The van der Waals surface area contributed by atoms with Crippen LogP contribution in [0.3, 0.4) is 0 Å². The van der Waals surface area contributed by atoms with Gasteiger partial charge in [0, 0.05) is 30.2 Å². The van der Waals surface area contributed by atoms with Crippen molar-refractivity contribution in [1.29, 1.82) is 0 Å². The molecule has 0 saturated carbocycles. The molecule has 3 aromatic rings. The third-order valence-corrected chi connectivity index (χ3v) is 4.56. The van der Waals surface area contributed by atoms with E-state index in [0.717, 1.165) is 34.9 Å². The Morgan fingerprint density at radius 1 is 1.10 bits per heavy atom. The van der Waals surface area contributed by atoms with Gasteiger partial charge in [0.2, 0.25) is 0 Å². The molecule has 29 heavy (non-hydrogen) atoms. The molecule has 0 spiro atoms. The van der Waals surface area contributed by atoms with Gasteiger partial charge >= 0.3 is 0 Å². The van der Waals surface area contributed by atoms with Gasteiger partial charge in [0.05, 0.1) is 14.2 Å². The number of aliphatic imine (C=N–C) groups is 1. The van der Waals surface area contributed by atoms with Gasteiger partial charge in [-0.1, -0.05) is 6.07 Å². The summed E-state index contributed by atoms with van der Waals surface area (Å²) >= 11 is 0. The SMILES string of the molecule is COc1ccc(CCNC(N)=NCCc2c[nH]c3cc(F)ccc23)cc1OC.I. The summed E-state index contributed by atoms with van der Waals surface area (Å²) in [7, 11) is 3.24. The predicted octanol–water partition coefficient (Wildman–Crippen LogP) is 3.63. The second-order valence-electron chi connectivity index (χ2n) is 6.39. The molecule has 0 aliphatic carbocycles. The quantitative estimate of drug-likeness (QED) is 0.245. The molecule has 0 aliphatic heterocycles. The summed E-state index contributed by atoms with van der Waals surface area (Å²) in [6, 6.07) is 10.6. The van der Waals surface area contributed by atoms with Gasteiger partial charge in [0.25, 0.3) is 0 Å². The number of hydrogen-bond acceptors (Lipinski definition) is 3. The molecule has 0 radical (unpaired) electrons. The van der Waals surface area contributed by atoms with Crippen molar-refractivity contribution in [2.24, 2.45) is 10.7 Å². The van der Waals surface area contributed by atoms with Gasteiger partial charge in [-0.05, 0) is 54.3 Å². The summed E-state index contributed by atoms with van der Waals surface area (Å²) in [5.41, 5.74) is 8.95. The average molecular weight is 512 g/mol. The molecule has 0 unspecified atom stereocenters. The van der Waals surface area contributed by atoms with E-state index in [1.54, 1.807) is 20.3 Å². The fourth-order valence-electron chi connectivity index (χ4n) is 3.09. The number of fused-ring (bicyclic) bond motifs is 1. The van der Waals surface area contributed by atoms with E-state index < -0.39 is 0 Å². The molecule has 3 rings (SSSR count). The zero-order chi connectivity index (χ0) is 19.9. The highest BCUT2D eigenvalue weighted by Crippen LogP contribution is 2.27. The van der Waals surface area contributed by atoms with Crippen molar-refractivity contribution in [3.8, 4) is 11.5 Å². The minimum atomic E-state index is -0.248. The molecule has 156 valence electrons. The first-order chi connectivity index (χ1) is 13.6. The standard InChI is InChI=1S/C21H25FN4O2.HI/c1-27-19-6-3-14(11-20(19)28-2)7-9-24-21(23)25-10-8-15-13-26-18-12-16(22)4-5-17(15)18;/h3-6,11-13,26H,7-10H2,1-2H3,(H3,23,24,25);1H. The molecule has 4 N–H and O–H groups in total. The molecule has 1 heterocycles. The number of H-pyrrole nitrogens is 1. The maximum atomic E-state index is 13.2. The highest BCUT2D eigenvalue weighted by atomic mass is 127. The Labute approximate surface area is 186 Å². The van der Waals surface area contributed by atoms with Crippen molar-refractivity contribution >= 4 is 40.8 Å². The molecular weight excluding hydrogens is 486 g/mol. The summed E-state index contributed by atoms with van der Waals surface area (Å²) < 4.78 is 23.8. The monoisotopic (exact) mass is 512 g/mol. The number of hydrogen-bond donors (Lipinski definition) is 3. The first-order valence-electron chi connectivity index (χ1n) is 9.11. The van der Waals surface area contributed by atoms with Gasteiger partial charge in [-0.25, -0.2) is 4.39 Å². The Morgan fingerprint density at radius 3 is 2.66 bits per heavy atom. The lowest BCUT2D eigenvalue weighted by Crippen LogP contribution is -2.33. The minimum Gasteiger partial charge on any atom is -0.493 e. The highest BCUT2D eigenvalue weighted by Gasteiger charge is 2.06. The van der Waals surface area contributed by atoms with Gasteiger partial charge < -0.3 is 25.5 Å². The average Bonchev–Trinajstić information content (AvgIpc) is 3.09. The van der Waals surface area contributed by atoms with Crippen LogP contribution < -0.4 is 20.5 Å². The van der Waals surface area contributed by atoms with Crippen LogP contribution in [-0.4, -0.2) is 38.3 Å². The normalized spacial score (nSPS) is 11.2. The second-order valence-corrected chi connectivity index (χ2v) is 6.39. The number of aromatic amines is 1. The van der Waals surface area contributed by atoms with Crippen LogP contribution in [-0.2, 0) is 12.8 Å². The fourth-order valence-corrected chi connectivity index (χ4v) is 3.09. The summed E-state index contributed by atoms with van der Waals surface area (Å²) in [6.07, 6.45) is 3.40. The van der Waals surface area contributed by atoms with Crippen LogP contribution in [0.1, 0.15) is 11.1 Å². The number of nitrogens with zero attached hydrogens (tertiary/aromatic N) is 1. The Kier molecular flexibility index (Phi) is 8.56. The van der Waals surface area contributed by atoms with Crippen LogP contribution in [0.25, 0.3) is 10.9 Å². The Morgan fingerprint density at radius 2 is 1.90 bits per heavy atom. The van der Waals surface area contributed by atoms with E-state index in [1.807, 2.05) is 24.4 Å². The van der Waals surface area contributed by atoms with Crippen LogP contribution >= 0.6 is 24.0 Å². The number of rotatable bonds is 8. The Bertz CT molecular complexity index is 974. The summed E-state index contributed by atoms with van der Waals surface area (Å²) in [5, 5.41) is 4.13. The molecule has 6 nitrogen and oxygen atoms in total. The lowest BCUT2D eigenvalue weighted by atomic mass is 10.1. The maximum Gasteiger partial charge on any atom is 0.188 e. The molecule has 0 fully saturated rings. The van der Waals surface area contributed by atoms with Crippen molar-refractivity contribution in [2.75, 3.05) is 27.3 Å². The van der Waals surface area contributed by atoms with Crippen LogP contribution in [0.2, 0.25) is 0 Å². The number of aromatic nitrogens is 1. The largest absolute Gasteiger partial charge is 0.493 e. The van der Waals surface area contributed by atoms with Crippen molar-refractivity contribution < 1.29 is 13.9 Å². The van der Waals surface area contributed by atoms with Crippen LogP contribution in [0.5, 0.6) is 11.5 Å². The third kappa shape index (κ3) is 5.99. The number of nitrogens with two attached hydrogens (primary N) is 1. The summed E-state index contributed by atoms with van der Waals surface area (Å²) in [5.74, 6) is 1.58. The Balaban J connectivity index is 0.00000300. The zero-order valence-electron chi connectivity index (χ0n) is 16.5. The zero-order valence-corrected chi connectivity index (χ0v) is 18.8. The van der Waals surface area contributed by atoms with E-state index in [-0.39, 0.29) is 29.8 Å². The number of halogens is 2. The van der Waals surface area contributed by atoms with Crippen LogP contribution in [0.15, 0.2) is 47.6 Å². The van der Waals surface area contributed by atoms with Crippen molar-refractivity contribution in [2.45, 2.75) is 12.8 Å². The van der Waals surface area contributed by atoms with Gasteiger partial charge in [0.1, 0.15) is 5.82 Å². The van der Waals surface area contributed by atoms with E-state index in [2.05, 4.69) is 15.3 Å². The summed E-state index contributed by atoms with van der Waals surface area (Å²) in [6.45, 7) is 1.22. The summed E-state index contributed by atoms with van der Waals surface area (Å²) in [4.78, 5) is 7.45. The van der Waals surface area contributed by atoms with E-state index in [0.29, 0.717) is 30.5 Å². The number of methoxy groups -OCH3 is 2. The van der Waals surface area contributed by atoms with E-state index in [9.17, 15) is 4.39 Å². The maximum absolute atomic E-state index is 13.2. The first-order valence-corrected chi connectivity index (χ1v) is 9.11. The molecule has 8 heteroatoms. The molecule has 0 amide bonds. The van der Waals surface area contributed by atoms with Gasteiger partial charge in [-0.2, -0.15) is 0 Å². The minimum absolute atomic E-state index is 0. The number of nitrogens with one attached hydrogen (secondary N) is 2. The van der Waals surface area contributed by atoms with Gasteiger partial charge in [-0.3, -0.25) is 4.99 Å². The van der Waals surface area contributed by atoms with E-state index in [4.69, 9.17) is 15.2 Å². The highest BCUT2D eigenvalue weighted by molar-refractivity contribution is 14.0. The molecule has 0 saturated heterocycles. The topological polar surface area (TPSA) is 84.7 Å². The lowest BCUT2D eigenvalue weighted by molar-refractivity contribution is 0.354. The smallest absolute Gasteiger partial charge is 0.188 e. The number of benzene rings is 2. The van der Waals surface area contributed by atoms with Crippen LogP contribution in [0.4, 0.5) is 4.39 Å². The molecular formula is C21H26FIN4O2. The molecule has 0 atom stereocenters. The van der Waals surface area contributed by atoms with Crippen molar-refractivity contribution in [3.63, 3.8) is 0 Å². The van der Waals surface area contributed by atoms with Crippen molar-refractivity contribution in [1.82, 2.24) is 10.3 Å². The molecule has 1 aromatic heterocycles. The first kappa shape index (κ1) is 22.8. The third-order valence-electron chi connectivity index (χ3n) is 4.56. The Hall–Kier alpha value is -2.49. The lowest BCUT2D eigenvalue weighted by Gasteiger charge is -2.10. The van der Waals surface area contributed by atoms with E-state index >= 15 is 0 Å². The second kappa shape index (κ2) is 10.9. The van der Waals surface area contributed by atoms with Gasteiger partial charge in [-0.15, -0.1) is 24.0 Å². The van der Waals surface area contributed by atoms with E-state index in [1.165, 1.54) is 12.1 Å². The molecule has 0 bridgehead atoms. The predicted molar refractivity (Wildman–Crippen MR) is 125 cm³/mol. The molecule has 0 aliphatic rings. The molecule has 2 aromatic carbocycles.